The van der Waals surface area contributed by atoms with Crippen LogP contribution >= 0.6 is 0 Å². The van der Waals surface area contributed by atoms with E-state index in [0.717, 1.165) is 51.7 Å². The predicted molar refractivity (Wildman–Crippen MR) is 112 cm³/mol. The van der Waals surface area contributed by atoms with Crippen molar-refractivity contribution in [3.05, 3.63) is 71.5 Å². The molecule has 0 N–H and O–H groups in total. The molecule has 0 saturated carbocycles. The number of hydrogen-bond donors (Lipinski definition) is 0. The largest absolute Gasteiger partial charge is 0.490 e. The van der Waals surface area contributed by atoms with Crippen molar-refractivity contribution in [2.45, 2.75) is 54.1 Å². The van der Waals surface area contributed by atoms with Gasteiger partial charge in [0.25, 0.3) is 0 Å². The third-order valence-electron chi connectivity index (χ3n) is 3.99. The number of hydrogen-bond acceptors (Lipinski definition) is 3. The third-order valence-corrected chi connectivity index (χ3v) is 3.99. The van der Waals surface area contributed by atoms with Gasteiger partial charge in [0.05, 0.1) is 11.9 Å². The maximum absolute atomic E-state index is 6.16. The van der Waals surface area contributed by atoms with Gasteiger partial charge in [-0.15, -0.1) is 6.58 Å². The molecule has 0 aromatic heterocycles. The van der Waals surface area contributed by atoms with Gasteiger partial charge in [-0.05, 0) is 88.9 Å². The van der Waals surface area contributed by atoms with Crippen molar-refractivity contribution >= 4 is 0 Å². The molecule has 2 aromatic rings. The molecule has 0 bridgehead atoms. The average molecular weight is 367 g/mol. The molecule has 0 radical (unpaired) electrons. The summed E-state index contributed by atoms with van der Waals surface area (Å²) in [5.41, 5.74) is 4.14. The molecule has 0 saturated heterocycles. The molecule has 0 spiro atoms. The second kappa shape index (κ2) is 8.81. The Morgan fingerprint density at radius 2 is 1.48 bits per heavy atom. The fourth-order valence-electron chi connectivity index (χ4n) is 3.02. The molecule has 0 unspecified atom stereocenters. The lowest BCUT2D eigenvalue weighted by Gasteiger charge is -2.19. The highest BCUT2D eigenvalue weighted by Gasteiger charge is 2.13. The molecule has 144 valence electrons. The molecule has 27 heavy (non-hydrogen) atoms. The maximum atomic E-state index is 6.16. The van der Waals surface area contributed by atoms with E-state index >= 15 is 0 Å². The molecule has 2 aromatic carbocycles. The monoisotopic (exact) mass is 366 g/mol. The van der Waals surface area contributed by atoms with Crippen molar-refractivity contribution in [3.63, 3.8) is 0 Å². The lowest BCUT2D eigenvalue weighted by Crippen LogP contribution is -2.09. The van der Waals surface area contributed by atoms with Crippen LogP contribution in [-0.2, 0) is 6.42 Å². The van der Waals surface area contributed by atoms with Crippen LogP contribution in [0.1, 0.15) is 43.0 Å². The number of ether oxygens (including phenoxy) is 3. The zero-order chi connectivity index (χ0) is 20.1. The third kappa shape index (κ3) is 5.40. The molecule has 0 amide bonds. The SMILES string of the molecule is C=CCc1cc(Oc2cc(C)c(OC(=C)C)c(C)c2)cc(C)c1OC(C)C. The van der Waals surface area contributed by atoms with Gasteiger partial charge in [0.15, 0.2) is 0 Å². The van der Waals surface area contributed by atoms with Crippen LogP contribution in [0, 0.1) is 20.8 Å². The van der Waals surface area contributed by atoms with Crippen LogP contribution in [0.4, 0.5) is 0 Å². The van der Waals surface area contributed by atoms with Gasteiger partial charge in [0.2, 0.25) is 0 Å². The molecule has 3 nitrogen and oxygen atoms in total. The van der Waals surface area contributed by atoms with Gasteiger partial charge < -0.3 is 14.2 Å². The van der Waals surface area contributed by atoms with Gasteiger partial charge >= 0.3 is 0 Å². The first kappa shape index (κ1) is 20.6. The number of benzene rings is 2. The predicted octanol–water partition coefficient (Wildman–Crippen LogP) is 6.83. The van der Waals surface area contributed by atoms with E-state index in [-0.39, 0.29) is 6.10 Å². The van der Waals surface area contributed by atoms with E-state index in [1.807, 2.05) is 71.9 Å². The zero-order valence-electron chi connectivity index (χ0n) is 17.3. The molecule has 0 heterocycles. The maximum Gasteiger partial charge on any atom is 0.132 e. The zero-order valence-corrected chi connectivity index (χ0v) is 17.3. The second-order valence-electron chi connectivity index (χ2n) is 7.18. The summed E-state index contributed by atoms with van der Waals surface area (Å²) in [6.45, 7) is 19.6. The van der Waals surface area contributed by atoms with Crippen molar-refractivity contribution in [1.29, 1.82) is 0 Å². The average Bonchev–Trinajstić information content (AvgIpc) is 2.54. The van der Waals surface area contributed by atoms with Crippen molar-refractivity contribution in [2.75, 3.05) is 0 Å². The van der Waals surface area contributed by atoms with Crippen molar-refractivity contribution < 1.29 is 14.2 Å². The van der Waals surface area contributed by atoms with Crippen LogP contribution in [0.2, 0.25) is 0 Å². The first-order valence-corrected chi connectivity index (χ1v) is 9.24. The molecule has 2 rings (SSSR count). The minimum absolute atomic E-state index is 0.116. The van der Waals surface area contributed by atoms with E-state index in [4.69, 9.17) is 14.2 Å². The lowest BCUT2D eigenvalue weighted by molar-refractivity contribution is 0.238. The highest BCUT2D eigenvalue weighted by molar-refractivity contribution is 5.51. The smallest absolute Gasteiger partial charge is 0.132 e. The lowest BCUT2D eigenvalue weighted by atomic mass is 10.1. The van der Waals surface area contributed by atoms with Crippen molar-refractivity contribution in [1.82, 2.24) is 0 Å². The Kier molecular flexibility index (Phi) is 6.73. The van der Waals surface area contributed by atoms with Gasteiger partial charge in [0, 0.05) is 5.56 Å². The summed E-state index contributed by atoms with van der Waals surface area (Å²) in [7, 11) is 0. The molecular formula is C24H30O3. The number of allylic oxidation sites excluding steroid dienone is 2. The highest BCUT2D eigenvalue weighted by Crippen LogP contribution is 2.35. The number of aryl methyl sites for hydroxylation is 3. The minimum atomic E-state index is 0.116. The molecule has 3 heteroatoms. The summed E-state index contributed by atoms with van der Waals surface area (Å²) in [5.74, 6) is 3.97. The van der Waals surface area contributed by atoms with Crippen LogP contribution in [0.5, 0.6) is 23.0 Å². The fourth-order valence-corrected chi connectivity index (χ4v) is 3.02. The second-order valence-corrected chi connectivity index (χ2v) is 7.18. The summed E-state index contributed by atoms with van der Waals surface area (Å²) in [5, 5.41) is 0. The van der Waals surface area contributed by atoms with Gasteiger partial charge in [0.1, 0.15) is 23.0 Å². The summed E-state index contributed by atoms with van der Waals surface area (Å²) >= 11 is 0. The molecule has 0 aliphatic carbocycles. The minimum Gasteiger partial charge on any atom is -0.490 e. The Morgan fingerprint density at radius 3 is 1.96 bits per heavy atom. The van der Waals surface area contributed by atoms with E-state index in [1.54, 1.807) is 0 Å². The van der Waals surface area contributed by atoms with Crippen molar-refractivity contribution in [3.8, 4) is 23.0 Å². The Bertz CT molecular complexity index is 824. The first-order valence-electron chi connectivity index (χ1n) is 9.24. The van der Waals surface area contributed by atoms with Gasteiger partial charge in [-0.25, -0.2) is 0 Å². The fraction of sp³-hybridized carbons (Fsp3) is 0.333. The standard InChI is InChI=1S/C24H30O3/c1-9-10-20-14-22(13-19(8)24(20)26-16(4)5)27-21-11-17(6)23(18(7)12-21)25-15(2)3/h9,11-14,16H,1-2,10H2,3-8H3. The van der Waals surface area contributed by atoms with Crippen LogP contribution in [0.15, 0.2) is 49.3 Å². The Morgan fingerprint density at radius 1 is 0.963 bits per heavy atom. The van der Waals surface area contributed by atoms with Crippen LogP contribution in [-0.4, -0.2) is 6.10 Å². The van der Waals surface area contributed by atoms with E-state index < -0.39 is 0 Å². The Labute approximate surface area is 163 Å². The summed E-state index contributed by atoms with van der Waals surface area (Å²) in [6.07, 6.45) is 2.72. The van der Waals surface area contributed by atoms with Crippen LogP contribution < -0.4 is 14.2 Å². The Hall–Kier alpha value is -2.68. The number of rotatable bonds is 8. The molecular weight excluding hydrogens is 336 g/mol. The van der Waals surface area contributed by atoms with E-state index in [9.17, 15) is 0 Å². The summed E-state index contributed by atoms with van der Waals surface area (Å²) < 4.78 is 17.9. The van der Waals surface area contributed by atoms with Crippen LogP contribution in [0.3, 0.4) is 0 Å². The van der Waals surface area contributed by atoms with E-state index in [0.29, 0.717) is 5.76 Å². The van der Waals surface area contributed by atoms with Gasteiger partial charge in [-0.2, -0.15) is 0 Å². The summed E-state index contributed by atoms with van der Waals surface area (Å²) in [6, 6.07) is 7.99. The topological polar surface area (TPSA) is 27.7 Å². The van der Waals surface area contributed by atoms with E-state index in [2.05, 4.69) is 13.2 Å². The van der Waals surface area contributed by atoms with Crippen LogP contribution in [0.25, 0.3) is 0 Å². The Balaban J connectivity index is 2.37. The van der Waals surface area contributed by atoms with Gasteiger partial charge in [-0.3, -0.25) is 0 Å². The quantitative estimate of drug-likeness (QED) is 0.378. The normalized spacial score (nSPS) is 10.6. The summed E-state index contributed by atoms with van der Waals surface area (Å²) in [4.78, 5) is 0. The highest BCUT2D eigenvalue weighted by atomic mass is 16.5. The molecule has 0 fully saturated rings. The van der Waals surface area contributed by atoms with Crippen molar-refractivity contribution in [2.24, 2.45) is 0 Å². The molecule has 0 aliphatic rings. The van der Waals surface area contributed by atoms with Gasteiger partial charge in [-0.1, -0.05) is 12.7 Å². The van der Waals surface area contributed by atoms with E-state index in [1.165, 1.54) is 0 Å². The molecule has 0 atom stereocenters. The first-order chi connectivity index (χ1) is 12.7. The molecule has 0 aliphatic heterocycles.